The van der Waals surface area contributed by atoms with Gasteiger partial charge in [-0.1, -0.05) is 34.1 Å². The van der Waals surface area contributed by atoms with Crippen molar-refractivity contribution >= 4 is 0 Å². The standard InChI is InChI=1S/C3H8.C2H6.2H2O/c1-3-2;1-2;;/h3H2,1-2H3;1-2H3;2*1H2. The first-order valence-corrected chi connectivity index (χ1v) is 2.41. The summed E-state index contributed by atoms with van der Waals surface area (Å²) in [6.07, 6.45) is 1.25. The second-order valence-corrected chi connectivity index (χ2v) is 0.707. The summed E-state index contributed by atoms with van der Waals surface area (Å²) >= 11 is 0. The zero-order valence-electron chi connectivity index (χ0n) is 5.71. The Bertz CT molecular complexity index is 6.04. The molecule has 0 saturated carbocycles. The Balaban J connectivity index is -0.0000000105. The van der Waals surface area contributed by atoms with E-state index in [1.54, 1.807) is 0 Å². The maximum absolute atomic E-state index is 2.12. The van der Waals surface area contributed by atoms with E-state index in [1.807, 2.05) is 13.8 Å². The Hall–Kier alpha value is -0.0800. The molecule has 0 aliphatic heterocycles. The van der Waals surface area contributed by atoms with Crippen molar-refractivity contribution in [3.05, 3.63) is 0 Å². The molecule has 0 bridgehead atoms. The molecule has 0 aliphatic carbocycles. The van der Waals surface area contributed by atoms with E-state index in [0.717, 1.165) is 0 Å². The number of hydrogen-bond donors (Lipinski definition) is 0. The van der Waals surface area contributed by atoms with Gasteiger partial charge in [0.25, 0.3) is 0 Å². The van der Waals surface area contributed by atoms with Crippen molar-refractivity contribution in [1.29, 1.82) is 0 Å². The molecule has 4 N–H and O–H groups in total. The van der Waals surface area contributed by atoms with Crippen LogP contribution in [0.4, 0.5) is 0 Å². The Morgan fingerprint density at radius 3 is 0.857 bits per heavy atom. The summed E-state index contributed by atoms with van der Waals surface area (Å²) in [6, 6.07) is 0. The molecule has 0 atom stereocenters. The molecule has 0 saturated heterocycles. The first-order chi connectivity index (χ1) is 2.41. The molecular weight excluding hydrogens is 92.1 g/mol. The lowest BCUT2D eigenvalue weighted by Crippen LogP contribution is -1.27. The van der Waals surface area contributed by atoms with Crippen molar-refractivity contribution < 1.29 is 11.0 Å². The Labute approximate surface area is 46.2 Å². The average Bonchev–Trinajstić information content (AvgIpc) is 1.46. The first-order valence-electron chi connectivity index (χ1n) is 2.41. The van der Waals surface area contributed by atoms with Gasteiger partial charge in [0.2, 0.25) is 0 Å². The second kappa shape index (κ2) is 169. The Morgan fingerprint density at radius 1 is 0.857 bits per heavy atom. The fourth-order valence-corrected chi connectivity index (χ4v) is 0. The van der Waals surface area contributed by atoms with Crippen LogP contribution in [0.5, 0.6) is 0 Å². The molecule has 2 heteroatoms. The van der Waals surface area contributed by atoms with E-state index >= 15 is 0 Å². The van der Waals surface area contributed by atoms with Crippen LogP contribution in [-0.2, 0) is 0 Å². The van der Waals surface area contributed by atoms with Crippen LogP contribution in [0.15, 0.2) is 0 Å². The number of rotatable bonds is 0. The molecule has 0 aromatic rings. The predicted octanol–water partition coefficient (Wildman–Crippen LogP) is 0.793. The summed E-state index contributed by atoms with van der Waals surface area (Å²) in [5, 5.41) is 0. The lowest BCUT2D eigenvalue weighted by atomic mass is 10.6. The van der Waals surface area contributed by atoms with Crippen molar-refractivity contribution in [3.63, 3.8) is 0 Å². The van der Waals surface area contributed by atoms with Crippen LogP contribution in [0.3, 0.4) is 0 Å². The van der Waals surface area contributed by atoms with Crippen LogP contribution >= 0.6 is 0 Å². The Kier molecular flexibility index (Phi) is 688. The van der Waals surface area contributed by atoms with E-state index < -0.39 is 0 Å². The highest BCUT2D eigenvalue weighted by atomic mass is 16.0. The van der Waals surface area contributed by atoms with Crippen molar-refractivity contribution in [2.75, 3.05) is 0 Å². The van der Waals surface area contributed by atoms with E-state index in [4.69, 9.17) is 0 Å². The summed E-state index contributed by atoms with van der Waals surface area (Å²) in [6.45, 7) is 8.25. The number of hydrogen-bond acceptors (Lipinski definition) is 0. The fourth-order valence-electron chi connectivity index (χ4n) is 0. The van der Waals surface area contributed by atoms with Crippen LogP contribution in [0.2, 0.25) is 0 Å². The van der Waals surface area contributed by atoms with Gasteiger partial charge in [-0.2, -0.15) is 0 Å². The van der Waals surface area contributed by atoms with Gasteiger partial charge in [-0.15, -0.1) is 0 Å². The fraction of sp³-hybridized carbons (Fsp3) is 1.00. The van der Waals surface area contributed by atoms with Crippen molar-refractivity contribution in [2.45, 2.75) is 34.1 Å². The lowest BCUT2D eigenvalue weighted by molar-refractivity contribution is 0.823. The molecule has 50 valence electrons. The van der Waals surface area contributed by atoms with Gasteiger partial charge in [0, 0.05) is 0 Å². The van der Waals surface area contributed by atoms with Gasteiger partial charge in [0.15, 0.2) is 0 Å². The zero-order chi connectivity index (χ0) is 4.71. The molecule has 2 nitrogen and oxygen atoms in total. The highest BCUT2D eigenvalue weighted by Crippen LogP contribution is 1.56. The maximum Gasteiger partial charge on any atom is -0.0590 e. The smallest absolute Gasteiger partial charge is 0.0590 e. The molecule has 0 aromatic carbocycles. The minimum atomic E-state index is 0. The van der Waals surface area contributed by atoms with E-state index in [0.29, 0.717) is 0 Å². The van der Waals surface area contributed by atoms with Crippen LogP contribution in [0.25, 0.3) is 0 Å². The second-order valence-electron chi connectivity index (χ2n) is 0.707. The molecule has 0 rings (SSSR count). The molecule has 0 spiro atoms. The molecule has 0 radical (unpaired) electrons. The van der Waals surface area contributed by atoms with Crippen molar-refractivity contribution in [3.8, 4) is 0 Å². The van der Waals surface area contributed by atoms with Gasteiger partial charge in [-0.3, -0.25) is 0 Å². The van der Waals surface area contributed by atoms with Crippen molar-refractivity contribution in [2.24, 2.45) is 0 Å². The SMILES string of the molecule is CC.CCC.O.O. The monoisotopic (exact) mass is 110 g/mol. The molecule has 0 heterocycles. The van der Waals surface area contributed by atoms with Crippen LogP contribution in [0, 0.1) is 0 Å². The summed E-state index contributed by atoms with van der Waals surface area (Å²) in [4.78, 5) is 0. The van der Waals surface area contributed by atoms with Gasteiger partial charge < -0.3 is 11.0 Å². The van der Waals surface area contributed by atoms with Crippen LogP contribution in [-0.4, -0.2) is 11.0 Å². The molecule has 0 fully saturated rings. The normalized spacial score (nSPS) is 3.43. The third kappa shape index (κ3) is 14200. The minimum Gasteiger partial charge on any atom is -0.412 e. The average molecular weight is 110 g/mol. The van der Waals surface area contributed by atoms with Gasteiger partial charge in [0.05, 0.1) is 0 Å². The molecule has 0 amide bonds. The molecule has 0 aliphatic rings. The van der Waals surface area contributed by atoms with Crippen molar-refractivity contribution in [1.82, 2.24) is 0 Å². The predicted molar refractivity (Wildman–Crippen MR) is 34.5 cm³/mol. The van der Waals surface area contributed by atoms with E-state index in [9.17, 15) is 0 Å². The first kappa shape index (κ1) is 28.4. The molecule has 7 heavy (non-hydrogen) atoms. The molecule has 0 aromatic heterocycles. The van der Waals surface area contributed by atoms with Gasteiger partial charge in [0.1, 0.15) is 0 Å². The van der Waals surface area contributed by atoms with E-state index in [2.05, 4.69) is 13.8 Å². The quantitative estimate of drug-likeness (QED) is 0.442. The molecular formula is C5H18O2. The topological polar surface area (TPSA) is 63.0 Å². The summed E-state index contributed by atoms with van der Waals surface area (Å²) in [7, 11) is 0. The Morgan fingerprint density at radius 2 is 0.857 bits per heavy atom. The van der Waals surface area contributed by atoms with Gasteiger partial charge in [-0.05, 0) is 0 Å². The zero-order valence-corrected chi connectivity index (χ0v) is 5.71. The molecule has 0 unspecified atom stereocenters. The van der Waals surface area contributed by atoms with Crippen LogP contribution < -0.4 is 0 Å². The van der Waals surface area contributed by atoms with Gasteiger partial charge >= 0.3 is 0 Å². The van der Waals surface area contributed by atoms with Crippen LogP contribution in [0.1, 0.15) is 34.1 Å². The minimum absolute atomic E-state index is 0. The lowest BCUT2D eigenvalue weighted by Gasteiger charge is -1.48. The summed E-state index contributed by atoms with van der Waals surface area (Å²) in [5.74, 6) is 0. The van der Waals surface area contributed by atoms with Gasteiger partial charge in [-0.25, -0.2) is 0 Å². The maximum atomic E-state index is 2.12. The third-order valence-electron chi connectivity index (χ3n) is 0. The largest absolute Gasteiger partial charge is 0.412 e. The highest BCUT2D eigenvalue weighted by Gasteiger charge is 1.35. The summed E-state index contributed by atoms with van der Waals surface area (Å²) < 4.78 is 0. The van der Waals surface area contributed by atoms with E-state index in [1.165, 1.54) is 6.42 Å². The third-order valence-corrected chi connectivity index (χ3v) is 0. The summed E-state index contributed by atoms with van der Waals surface area (Å²) in [5.41, 5.74) is 0. The van der Waals surface area contributed by atoms with E-state index in [-0.39, 0.29) is 11.0 Å². The highest BCUT2D eigenvalue weighted by molar-refractivity contribution is 3.92.